The van der Waals surface area contributed by atoms with Crippen LogP contribution in [-0.2, 0) is 9.47 Å². The number of nitrogens with zero attached hydrogens (tertiary/aromatic N) is 3. The van der Waals surface area contributed by atoms with Gasteiger partial charge in [0.2, 0.25) is 0 Å². The van der Waals surface area contributed by atoms with Crippen molar-refractivity contribution < 1.29 is 9.47 Å². The number of guanidine groups is 1. The van der Waals surface area contributed by atoms with Crippen molar-refractivity contribution in [3.05, 3.63) is 0 Å². The van der Waals surface area contributed by atoms with Crippen LogP contribution in [0.5, 0.6) is 0 Å². The quantitative estimate of drug-likeness (QED) is 0.354. The molecule has 7 heteroatoms. The second-order valence-electron chi connectivity index (χ2n) is 6.99. The second kappa shape index (κ2) is 12.5. The van der Waals surface area contributed by atoms with Crippen LogP contribution in [0.25, 0.3) is 0 Å². The molecular formula is C18H37N5O2. The van der Waals surface area contributed by atoms with Gasteiger partial charge in [0.15, 0.2) is 5.96 Å². The SMILES string of the molecule is CN=C(NCCCOC1CCOC1)NCCCN1CCCN(C)CC1. The summed E-state index contributed by atoms with van der Waals surface area (Å²) in [6.45, 7) is 10.2. The first kappa shape index (κ1) is 20.4. The summed E-state index contributed by atoms with van der Waals surface area (Å²) in [6, 6.07) is 0. The second-order valence-corrected chi connectivity index (χ2v) is 6.99. The van der Waals surface area contributed by atoms with Crippen LogP contribution >= 0.6 is 0 Å². The topological polar surface area (TPSA) is 61.4 Å². The van der Waals surface area contributed by atoms with Crippen molar-refractivity contribution in [2.45, 2.75) is 31.8 Å². The molecule has 2 heterocycles. The van der Waals surface area contributed by atoms with E-state index in [0.29, 0.717) is 6.10 Å². The minimum Gasteiger partial charge on any atom is -0.379 e. The number of likely N-dealkylation sites (N-methyl/N-ethyl adjacent to an activating group) is 1. The highest BCUT2D eigenvalue weighted by Crippen LogP contribution is 2.07. The molecule has 7 nitrogen and oxygen atoms in total. The molecule has 25 heavy (non-hydrogen) atoms. The highest BCUT2D eigenvalue weighted by atomic mass is 16.5. The average Bonchev–Trinajstić information content (AvgIpc) is 3.05. The third kappa shape index (κ3) is 8.85. The van der Waals surface area contributed by atoms with Gasteiger partial charge < -0.3 is 29.9 Å². The third-order valence-corrected chi connectivity index (χ3v) is 4.83. The standard InChI is InChI=1S/C18H37N5O2/c1-19-18(21-8-4-14-25-17-6-15-24-16-17)20-7-3-10-23-11-5-9-22(2)12-13-23/h17H,3-16H2,1-2H3,(H2,19,20,21). The van der Waals surface area contributed by atoms with Gasteiger partial charge in [-0.1, -0.05) is 0 Å². The predicted molar refractivity (Wildman–Crippen MR) is 102 cm³/mol. The Morgan fingerprint density at radius 3 is 2.76 bits per heavy atom. The monoisotopic (exact) mass is 355 g/mol. The van der Waals surface area contributed by atoms with Gasteiger partial charge in [0, 0.05) is 46.4 Å². The van der Waals surface area contributed by atoms with Crippen LogP contribution in [0.15, 0.2) is 4.99 Å². The van der Waals surface area contributed by atoms with Crippen LogP contribution < -0.4 is 10.6 Å². The highest BCUT2D eigenvalue weighted by molar-refractivity contribution is 5.79. The minimum atomic E-state index is 0.302. The smallest absolute Gasteiger partial charge is 0.190 e. The van der Waals surface area contributed by atoms with E-state index < -0.39 is 0 Å². The maximum Gasteiger partial charge on any atom is 0.190 e. The molecule has 2 rings (SSSR count). The van der Waals surface area contributed by atoms with Gasteiger partial charge in [-0.25, -0.2) is 0 Å². The normalized spacial score (nSPS) is 23.6. The van der Waals surface area contributed by atoms with E-state index in [2.05, 4.69) is 32.5 Å². The van der Waals surface area contributed by atoms with E-state index in [-0.39, 0.29) is 0 Å². The zero-order chi connectivity index (χ0) is 17.7. The molecule has 1 atom stereocenters. The third-order valence-electron chi connectivity index (χ3n) is 4.83. The fourth-order valence-electron chi connectivity index (χ4n) is 3.23. The zero-order valence-electron chi connectivity index (χ0n) is 16.1. The molecule has 2 fully saturated rings. The maximum atomic E-state index is 5.77. The van der Waals surface area contributed by atoms with Crippen LogP contribution in [0.2, 0.25) is 0 Å². The van der Waals surface area contributed by atoms with E-state index in [0.717, 1.165) is 64.7 Å². The van der Waals surface area contributed by atoms with Gasteiger partial charge in [0.1, 0.15) is 0 Å². The molecule has 0 aromatic carbocycles. The van der Waals surface area contributed by atoms with E-state index in [1.165, 1.54) is 32.6 Å². The number of rotatable bonds is 9. The first-order valence-electron chi connectivity index (χ1n) is 9.82. The van der Waals surface area contributed by atoms with Crippen molar-refractivity contribution in [3.8, 4) is 0 Å². The number of aliphatic imine (C=N–C) groups is 1. The molecule has 0 radical (unpaired) electrons. The van der Waals surface area contributed by atoms with Gasteiger partial charge in [-0.2, -0.15) is 0 Å². The Labute approximate surface area is 153 Å². The first-order valence-corrected chi connectivity index (χ1v) is 9.82. The summed E-state index contributed by atoms with van der Waals surface area (Å²) in [6.07, 6.45) is 4.75. The van der Waals surface area contributed by atoms with Gasteiger partial charge in [-0.05, 0) is 52.4 Å². The Morgan fingerprint density at radius 2 is 2.00 bits per heavy atom. The van der Waals surface area contributed by atoms with Gasteiger partial charge in [-0.3, -0.25) is 4.99 Å². The molecule has 2 aliphatic heterocycles. The molecule has 1 unspecified atom stereocenters. The molecule has 2 saturated heterocycles. The van der Waals surface area contributed by atoms with Crippen molar-refractivity contribution in [2.24, 2.45) is 4.99 Å². The molecule has 0 bridgehead atoms. The van der Waals surface area contributed by atoms with Crippen LogP contribution in [0.4, 0.5) is 0 Å². The van der Waals surface area contributed by atoms with Gasteiger partial charge in [0.25, 0.3) is 0 Å². The molecule has 0 amide bonds. The number of hydrogen-bond donors (Lipinski definition) is 2. The highest BCUT2D eigenvalue weighted by Gasteiger charge is 2.15. The molecule has 0 saturated carbocycles. The molecule has 2 aliphatic rings. The molecule has 0 spiro atoms. The Morgan fingerprint density at radius 1 is 1.16 bits per heavy atom. The molecule has 2 N–H and O–H groups in total. The fourth-order valence-corrected chi connectivity index (χ4v) is 3.23. The predicted octanol–water partition coefficient (Wildman–Crippen LogP) is 0.375. The average molecular weight is 356 g/mol. The lowest BCUT2D eigenvalue weighted by molar-refractivity contribution is 0.0420. The van der Waals surface area contributed by atoms with E-state index in [1.807, 2.05) is 7.05 Å². The van der Waals surface area contributed by atoms with Crippen molar-refractivity contribution in [1.29, 1.82) is 0 Å². The van der Waals surface area contributed by atoms with Crippen molar-refractivity contribution in [2.75, 3.05) is 79.7 Å². The minimum absolute atomic E-state index is 0.302. The summed E-state index contributed by atoms with van der Waals surface area (Å²) in [5.74, 6) is 0.889. The summed E-state index contributed by atoms with van der Waals surface area (Å²) < 4.78 is 11.1. The summed E-state index contributed by atoms with van der Waals surface area (Å²) in [7, 11) is 4.04. The Hall–Kier alpha value is -0.890. The molecule has 0 aromatic rings. The largest absolute Gasteiger partial charge is 0.379 e. The summed E-state index contributed by atoms with van der Waals surface area (Å²) in [5, 5.41) is 6.76. The zero-order valence-corrected chi connectivity index (χ0v) is 16.1. The van der Waals surface area contributed by atoms with Crippen molar-refractivity contribution in [1.82, 2.24) is 20.4 Å². The van der Waals surface area contributed by atoms with E-state index >= 15 is 0 Å². The Kier molecular flexibility index (Phi) is 10.2. The van der Waals surface area contributed by atoms with Crippen LogP contribution in [0, 0.1) is 0 Å². The lowest BCUT2D eigenvalue weighted by Crippen LogP contribution is -2.39. The van der Waals surface area contributed by atoms with Crippen molar-refractivity contribution in [3.63, 3.8) is 0 Å². The van der Waals surface area contributed by atoms with Crippen LogP contribution in [0.1, 0.15) is 25.7 Å². The van der Waals surface area contributed by atoms with Gasteiger partial charge in [-0.15, -0.1) is 0 Å². The number of nitrogens with one attached hydrogen (secondary N) is 2. The van der Waals surface area contributed by atoms with Crippen LogP contribution in [-0.4, -0.2) is 102 Å². The van der Waals surface area contributed by atoms with Crippen LogP contribution in [0.3, 0.4) is 0 Å². The fraction of sp³-hybridized carbons (Fsp3) is 0.944. The summed E-state index contributed by atoms with van der Waals surface area (Å²) in [5.41, 5.74) is 0. The molecule has 146 valence electrons. The molecule has 0 aromatic heterocycles. The van der Waals surface area contributed by atoms with E-state index in [9.17, 15) is 0 Å². The lowest BCUT2D eigenvalue weighted by atomic mass is 10.3. The first-order chi connectivity index (χ1) is 12.3. The van der Waals surface area contributed by atoms with E-state index in [4.69, 9.17) is 9.47 Å². The summed E-state index contributed by atoms with van der Waals surface area (Å²) >= 11 is 0. The number of hydrogen-bond acceptors (Lipinski definition) is 5. The number of ether oxygens (including phenoxy) is 2. The molecule has 0 aliphatic carbocycles. The van der Waals surface area contributed by atoms with Gasteiger partial charge in [0.05, 0.1) is 12.7 Å². The Bertz CT molecular complexity index is 374. The molecular weight excluding hydrogens is 318 g/mol. The van der Waals surface area contributed by atoms with E-state index in [1.54, 1.807) is 0 Å². The lowest BCUT2D eigenvalue weighted by Gasteiger charge is -2.20. The Balaban J connectivity index is 1.45. The van der Waals surface area contributed by atoms with Crippen molar-refractivity contribution >= 4 is 5.96 Å². The van der Waals surface area contributed by atoms with Gasteiger partial charge >= 0.3 is 0 Å². The summed E-state index contributed by atoms with van der Waals surface area (Å²) in [4.78, 5) is 9.28. The maximum absolute atomic E-state index is 5.77.